The molecule has 90 heavy (non-hydrogen) atoms. The number of nitrogens with two attached hydrogens (primary N) is 4. The van der Waals surface area contributed by atoms with E-state index in [1.807, 2.05) is 73.3 Å². The van der Waals surface area contributed by atoms with Crippen LogP contribution in [0.25, 0.3) is 87.7 Å². The number of nitrogens with zero attached hydrogens (tertiary/aromatic N) is 12. The zero-order valence-electron chi connectivity index (χ0n) is 53.5. The minimum atomic E-state index is 0.516. The molecule has 0 amide bonds. The molecule has 0 aliphatic heterocycles. The number of unbranched alkanes of at least 4 members (excludes halogenated alkanes) is 8. The normalized spacial score (nSPS) is 12.8. The number of anilines is 4. The summed E-state index contributed by atoms with van der Waals surface area (Å²) in [6.45, 7) is 15.0. The molecule has 16 nitrogen and oxygen atoms in total. The van der Waals surface area contributed by atoms with Crippen molar-refractivity contribution in [3.05, 3.63) is 157 Å². The van der Waals surface area contributed by atoms with Gasteiger partial charge in [0.05, 0.1) is 56.8 Å². The maximum atomic E-state index is 6.26. The van der Waals surface area contributed by atoms with Crippen molar-refractivity contribution in [2.75, 3.05) is 22.9 Å². The number of nitrogen functional groups attached to an aromatic ring is 4. The van der Waals surface area contributed by atoms with Gasteiger partial charge in [-0.1, -0.05) is 201 Å². The van der Waals surface area contributed by atoms with Crippen molar-refractivity contribution in [3.63, 3.8) is 0 Å². The molecular formula is C74H90N16. The molecule has 0 bridgehead atoms. The summed E-state index contributed by atoms with van der Waals surface area (Å²) >= 11 is 0. The average Bonchev–Trinajstić information content (AvgIpc) is 1.81. The van der Waals surface area contributed by atoms with Crippen LogP contribution in [0.2, 0.25) is 0 Å². The first-order valence-electron chi connectivity index (χ1n) is 33.1. The Kier molecular flexibility index (Phi) is 20.4. The number of fused-ring (bicyclic) bond motifs is 12. The highest BCUT2D eigenvalue weighted by molar-refractivity contribution is 6.09. The minimum Gasteiger partial charge on any atom is -0.382 e. The Hall–Kier alpha value is -9.18. The third-order valence-electron chi connectivity index (χ3n) is 17.6. The Bertz CT molecular complexity index is 4510. The SMILES string of the molecule is CC(C)Cn1c(CCc2ccccc2)nc2c(N)nc3ccccc3c21.CCCCCCCCn1cnc2c(N)nc3ccccc3c21.CCCCCCn1cnc2c(N)nc3ccccc3c21.Cc1nc2c(N)nc3ccccc3c2n1CC1CCCCC1. The van der Waals surface area contributed by atoms with E-state index < -0.39 is 0 Å². The first-order chi connectivity index (χ1) is 44.0. The van der Waals surface area contributed by atoms with Crippen LogP contribution in [0.5, 0.6) is 0 Å². The van der Waals surface area contributed by atoms with Gasteiger partial charge in [-0.15, -0.1) is 0 Å². The lowest BCUT2D eigenvalue weighted by molar-refractivity contribution is 0.320. The molecule has 1 saturated carbocycles. The van der Waals surface area contributed by atoms with Crippen molar-refractivity contribution in [1.82, 2.24) is 58.1 Å². The lowest BCUT2D eigenvalue weighted by Crippen LogP contribution is -2.15. The summed E-state index contributed by atoms with van der Waals surface area (Å²) in [5.41, 5.74) is 37.4. The Morgan fingerprint density at radius 3 is 1.33 bits per heavy atom. The zero-order chi connectivity index (χ0) is 62.5. The highest BCUT2D eigenvalue weighted by Crippen LogP contribution is 2.34. The van der Waals surface area contributed by atoms with E-state index in [1.165, 1.54) is 102 Å². The molecule has 8 N–H and O–H groups in total. The first kappa shape index (κ1) is 62.4. The van der Waals surface area contributed by atoms with E-state index in [9.17, 15) is 0 Å². The molecule has 0 radical (unpaired) electrons. The van der Waals surface area contributed by atoms with Gasteiger partial charge >= 0.3 is 0 Å². The van der Waals surface area contributed by atoms with E-state index in [0.717, 1.165) is 144 Å². The number of para-hydroxylation sites is 4. The van der Waals surface area contributed by atoms with Crippen LogP contribution in [0.3, 0.4) is 0 Å². The lowest BCUT2D eigenvalue weighted by Gasteiger charge is -2.23. The van der Waals surface area contributed by atoms with Crippen molar-refractivity contribution >= 4 is 111 Å². The van der Waals surface area contributed by atoms with Crippen LogP contribution in [-0.4, -0.2) is 58.1 Å². The number of hydrogen-bond donors (Lipinski definition) is 4. The zero-order valence-corrected chi connectivity index (χ0v) is 53.5. The summed E-state index contributed by atoms with van der Waals surface area (Å²) in [7, 11) is 0. The van der Waals surface area contributed by atoms with Crippen LogP contribution in [0.4, 0.5) is 23.3 Å². The summed E-state index contributed by atoms with van der Waals surface area (Å²) in [6.07, 6.45) is 25.2. The maximum Gasteiger partial charge on any atom is 0.152 e. The summed E-state index contributed by atoms with van der Waals surface area (Å²) in [6, 6.07) is 43.2. The number of rotatable bonds is 19. The second kappa shape index (κ2) is 29.4. The number of benzene rings is 5. The van der Waals surface area contributed by atoms with Crippen LogP contribution in [0, 0.1) is 18.8 Å². The molecule has 14 rings (SSSR count). The monoisotopic (exact) mass is 1200 g/mol. The van der Waals surface area contributed by atoms with Crippen molar-refractivity contribution in [2.45, 2.75) is 170 Å². The van der Waals surface area contributed by atoms with E-state index in [4.69, 9.17) is 32.9 Å². The Morgan fingerprint density at radius 2 is 0.844 bits per heavy atom. The third kappa shape index (κ3) is 14.1. The predicted octanol–water partition coefficient (Wildman–Crippen LogP) is 16.9. The fourth-order valence-corrected chi connectivity index (χ4v) is 13.1. The van der Waals surface area contributed by atoms with E-state index in [-0.39, 0.29) is 0 Å². The second-order valence-electron chi connectivity index (χ2n) is 24.8. The minimum absolute atomic E-state index is 0.516. The smallest absolute Gasteiger partial charge is 0.152 e. The molecule has 0 saturated heterocycles. The van der Waals surface area contributed by atoms with Gasteiger partial charge in [0.25, 0.3) is 0 Å². The van der Waals surface area contributed by atoms with Gasteiger partial charge in [-0.25, -0.2) is 39.9 Å². The van der Waals surface area contributed by atoms with Crippen LogP contribution >= 0.6 is 0 Å². The van der Waals surface area contributed by atoms with Crippen LogP contribution in [0.1, 0.15) is 141 Å². The highest BCUT2D eigenvalue weighted by atomic mass is 15.1. The molecule has 0 atom stereocenters. The van der Waals surface area contributed by atoms with Crippen molar-refractivity contribution in [2.24, 2.45) is 11.8 Å². The molecule has 1 fully saturated rings. The lowest BCUT2D eigenvalue weighted by atomic mass is 9.89. The quantitative estimate of drug-likeness (QED) is 0.0555. The molecule has 8 aromatic heterocycles. The number of aryl methyl sites for hydroxylation is 5. The molecular weight excluding hydrogens is 1110 g/mol. The summed E-state index contributed by atoms with van der Waals surface area (Å²) in [4.78, 5) is 36.5. The van der Waals surface area contributed by atoms with Gasteiger partial charge in [0.1, 0.15) is 33.7 Å². The van der Waals surface area contributed by atoms with E-state index in [1.54, 1.807) is 0 Å². The topological polar surface area (TPSA) is 227 Å². The molecule has 1 aliphatic rings. The molecule has 8 heterocycles. The number of hydrogen-bond acceptors (Lipinski definition) is 12. The fraction of sp³-hybridized carbons (Fsp3) is 0.378. The summed E-state index contributed by atoms with van der Waals surface area (Å²) in [5, 5.41) is 4.54. The van der Waals surface area contributed by atoms with Gasteiger partial charge in [-0.05, 0) is 80.7 Å². The van der Waals surface area contributed by atoms with Gasteiger partial charge in [-0.3, -0.25) is 0 Å². The standard InChI is InChI=1S/C22H24N4.C18H22N4.C18H24N4.C16H20N4/c1-15(2)14-26-19(13-12-16-8-4-3-5-9-16)25-20-21(26)17-10-6-7-11-18(17)24-22(20)23;1-12-20-16-17(22(12)11-13-7-3-2-4-8-13)14-9-5-6-10-15(14)21-18(16)19;1-2-3-4-5-6-9-12-22-13-20-16-17(22)14-10-7-8-11-15(14)21-18(16)19;1-2-3-4-7-10-20-11-18-14-15(20)12-8-5-6-9-13(12)19-16(14)17/h3-11,15H,12-14H2,1-2H3,(H2,23,24);5-6,9-10,13H,2-4,7-8,11H2,1H3,(H2,19,21);7-8,10-11,13H,2-6,9,12H2,1H3,(H2,19,21);5-6,8-9,11H,2-4,7,10H2,1H3,(H2,17,19). The molecule has 0 unspecified atom stereocenters. The average molecular weight is 1200 g/mol. The van der Waals surface area contributed by atoms with Gasteiger partial charge in [0.2, 0.25) is 0 Å². The Labute approximate surface area is 528 Å². The third-order valence-corrected chi connectivity index (χ3v) is 17.6. The van der Waals surface area contributed by atoms with E-state index in [2.05, 4.69) is 150 Å². The summed E-state index contributed by atoms with van der Waals surface area (Å²) < 4.78 is 9.16. The van der Waals surface area contributed by atoms with Crippen LogP contribution in [-0.2, 0) is 39.0 Å². The van der Waals surface area contributed by atoms with E-state index >= 15 is 0 Å². The molecule has 1 aliphatic carbocycles. The highest BCUT2D eigenvalue weighted by Gasteiger charge is 2.22. The van der Waals surface area contributed by atoms with Crippen molar-refractivity contribution in [3.8, 4) is 0 Å². The fourth-order valence-electron chi connectivity index (χ4n) is 13.1. The van der Waals surface area contributed by atoms with Crippen molar-refractivity contribution < 1.29 is 0 Å². The van der Waals surface area contributed by atoms with Gasteiger partial charge in [0.15, 0.2) is 23.3 Å². The van der Waals surface area contributed by atoms with Crippen molar-refractivity contribution in [1.29, 1.82) is 0 Å². The summed E-state index contributed by atoms with van der Waals surface area (Å²) in [5.74, 6) is 5.52. The molecule has 0 spiro atoms. The molecule has 13 aromatic rings. The first-order valence-corrected chi connectivity index (χ1v) is 33.1. The Morgan fingerprint density at radius 1 is 0.433 bits per heavy atom. The maximum absolute atomic E-state index is 6.26. The number of aromatic nitrogens is 12. The molecule has 466 valence electrons. The van der Waals surface area contributed by atoms with Crippen LogP contribution < -0.4 is 22.9 Å². The molecule has 5 aromatic carbocycles. The largest absolute Gasteiger partial charge is 0.382 e. The number of imidazole rings is 4. The number of pyridine rings is 4. The van der Waals surface area contributed by atoms with Gasteiger partial charge in [-0.2, -0.15) is 0 Å². The van der Waals surface area contributed by atoms with Gasteiger partial charge in [0, 0.05) is 54.1 Å². The van der Waals surface area contributed by atoms with Gasteiger partial charge < -0.3 is 41.2 Å². The van der Waals surface area contributed by atoms with E-state index in [0.29, 0.717) is 29.2 Å². The van der Waals surface area contributed by atoms with Crippen LogP contribution in [0.15, 0.2) is 140 Å². The molecule has 16 heteroatoms. The Balaban J connectivity index is 0.000000124. The predicted molar refractivity (Wildman–Crippen MR) is 375 cm³/mol. The second-order valence-corrected chi connectivity index (χ2v) is 24.8.